The predicted octanol–water partition coefficient (Wildman–Crippen LogP) is 3.17. The molecule has 1 radical (unpaired) electrons. The number of nitrogens with one attached hydrogen (secondary N) is 1. The van der Waals surface area contributed by atoms with E-state index in [2.05, 4.69) is 21.5 Å². The number of ether oxygens (including phenoxy) is 1. The van der Waals surface area contributed by atoms with Crippen molar-refractivity contribution in [2.45, 2.75) is 27.2 Å². The molecule has 1 aliphatic heterocycles. The van der Waals surface area contributed by atoms with Crippen LogP contribution in [-0.4, -0.2) is 33.4 Å². The zero-order valence-corrected chi connectivity index (χ0v) is 14.4. The van der Waals surface area contributed by atoms with Crippen LogP contribution in [0.4, 0.5) is 10.6 Å². The monoisotopic (exact) mass is 339 g/mol. The molecule has 2 aromatic rings. The third-order valence-corrected chi connectivity index (χ3v) is 4.12. The van der Waals surface area contributed by atoms with E-state index in [1.807, 2.05) is 13.8 Å². The number of carbonyl (C=O) groups excluding carboxylic acids is 2. The molecule has 0 bridgehead atoms. The fourth-order valence-electron chi connectivity index (χ4n) is 2.55. The summed E-state index contributed by atoms with van der Waals surface area (Å²) in [5.74, 6) is 1.36. The third-order valence-electron chi connectivity index (χ3n) is 4.12. The number of likely N-dealkylation sites (tertiary alicyclic amines) is 1. The van der Waals surface area contributed by atoms with Gasteiger partial charge in [-0.3, -0.25) is 20.0 Å². The van der Waals surface area contributed by atoms with Crippen LogP contribution < -0.4 is 10.1 Å². The maximum Gasteiger partial charge on any atom is 0.329 e. The Morgan fingerprint density at radius 3 is 2.76 bits per heavy atom. The van der Waals surface area contributed by atoms with Crippen molar-refractivity contribution in [1.29, 1.82) is 0 Å². The lowest BCUT2D eigenvalue weighted by atomic mass is 9.92. The van der Waals surface area contributed by atoms with E-state index in [1.165, 1.54) is 4.90 Å². The van der Waals surface area contributed by atoms with E-state index in [-0.39, 0.29) is 5.91 Å². The number of amides is 3. The molecule has 1 fully saturated rings. The number of carbonyl (C=O) groups is 2. The van der Waals surface area contributed by atoms with Crippen LogP contribution in [0.3, 0.4) is 0 Å². The van der Waals surface area contributed by atoms with Gasteiger partial charge in [0.15, 0.2) is 0 Å². The Labute approximate surface area is 146 Å². The van der Waals surface area contributed by atoms with Crippen molar-refractivity contribution in [1.82, 2.24) is 14.9 Å². The largest absolute Gasteiger partial charge is 0.455 e. The highest BCUT2D eigenvalue weighted by molar-refractivity contribution is 6.03. The van der Waals surface area contributed by atoms with Gasteiger partial charge in [-0.1, -0.05) is 13.8 Å². The lowest BCUT2D eigenvalue weighted by Crippen LogP contribution is -2.39. The van der Waals surface area contributed by atoms with Crippen LogP contribution in [0.15, 0.2) is 30.5 Å². The van der Waals surface area contributed by atoms with Gasteiger partial charge in [0, 0.05) is 24.2 Å². The Hall–Kier alpha value is -2.96. The van der Waals surface area contributed by atoms with Crippen molar-refractivity contribution in [3.8, 4) is 11.5 Å². The number of anilines is 1. The summed E-state index contributed by atoms with van der Waals surface area (Å²) in [5.41, 5.74) is 0.114. The summed E-state index contributed by atoms with van der Waals surface area (Å²) in [5, 5.41) is 2.67. The Kier molecular flexibility index (Phi) is 4.39. The number of aromatic nitrogens is 2. The average molecular weight is 339 g/mol. The zero-order chi connectivity index (χ0) is 18.0. The van der Waals surface area contributed by atoms with Gasteiger partial charge in [0.2, 0.25) is 5.91 Å². The fraction of sp³-hybridized carbons (Fsp3) is 0.333. The standard InChI is InChI=1S/C18H19N4O3/c1-12-14(25-13-6-9-19-10-7-13)4-5-15(20-12)21-17(24)22-11-8-18(2,3)16(22)23/h4-7,9H,8,11H2,1-3H3,(H,20,21,24). The van der Waals surface area contributed by atoms with E-state index >= 15 is 0 Å². The van der Waals surface area contributed by atoms with Gasteiger partial charge in [0.25, 0.3) is 0 Å². The Bertz CT molecular complexity index is 805. The fourth-order valence-corrected chi connectivity index (χ4v) is 2.55. The first kappa shape index (κ1) is 16.9. The number of nitrogens with zero attached hydrogens (tertiary/aromatic N) is 3. The van der Waals surface area contributed by atoms with Gasteiger partial charge in [0.1, 0.15) is 17.3 Å². The van der Waals surface area contributed by atoms with E-state index in [0.717, 1.165) is 0 Å². The van der Waals surface area contributed by atoms with Crippen molar-refractivity contribution < 1.29 is 14.3 Å². The first-order valence-electron chi connectivity index (χ1n) is 7.97. The molecule has 25 heavy (non-hydrogen) atoms. The lowest BCUT2D eigenvalue weighted by molar-refractivity contribution is -0.131. The van der Waals surface area contributed by atoms with Crippen LogP contribution in [0.25, 0.3) is 0 Å². The lowest BCUT2D eigenvalue weighted by Gasteiger charge is -2.18. The Morgan fingerprint density at radius 1 is 1.36 bits per heavy atom. The van der Waals surface area contributed by atoms with Gasteiger partial charge in [-0.2, -0.15) is 0 Å². The molecule has 1 N–H and O–H groups in total. The Balaban J connectivity index is 1.69. The molecule has 0 unspecified atom stereocenters. The van der Waals surface area contributed by atoms with Crippen LogP contribution in [0, 0.1) is 18.5 Å². The second kappa shape index (κ2) is 6.51. The molecular formula is C18H19N4O3. The molecule has 3 amide bonds. The van der Waals surface area contributed by atoms with Gasteiger partial charge in [0.05, 0.1) is 11.9 Å². The first-order valence-corrected chi connectivity index (χ1v) is 7.97. The van der Waals surface area contributed by atoms with E-state index in [1.54, 1.807) is 37.4 Å². The van der Waals surface area contributed by atoms with Crippen LogP contribution >= 0.6 is 0 Å². The first-order chi connectivity index (χ1) is 11.9. The highest BCUT2D eigenvalue weighted by Gasteiger charge is 2.41. The van der Waals surface area contributed by atoms with Crippen molar-refractivity contribution in [3.63, 3.8) is 0 Å². The number of urea groups is 1. The van der Waals surface area contributed by atoms with Gasteiger partial charge in [-0.05, 0) is 31.5 Å². The second-order valence-corrected chi connectivity index (χ2v) is 6.52. The number of rotatable bonds is 3. The van der Waals surface area contributed by atoms with Gasteiger partial charge in [-0.15, -0.1) is 0 Å². The van der Waals surface area contributed by atoms with Crippen molar-refractivity contribution in [2.75, 3.05) is 11.9 Å². The van der Waals surface area contributed by atoms with Crippen molar-refractivity contribution >= 4 is 17.8 Å². The quantitative estimate of drug-likeness (QED) is 0.928. The molecule has 7 nitrogen and oxygen atoms in total. The number of pyridine rings is 2. The zero-order valence-electron chi connectivity index (χ0n) is 14.4. The number of hydrogen-bond acceptors (Lipinski definition) is 5. The summed E-state index contributed by atoms with van der Waals surface area (Å²) >= 11 is 0. The molecule has 3 rings (SSSR count). The van der Waals surface area contributed by atoms with E-state index < -0.39 is 11.4 Å². The van der Waals surface area contributed by atoms with Crippen LogP contribution in [0.1, 0.15) is 26.0 Å². The molecule has 2 aromatic heterocycles. The van der Waals surface area contributed by atoms with E-state index in [4.69, 9.17) is 4.74 Å². The predicted molar refractivity (Wildman–Crippen MR) is 91.3 cm³/mol. The topological polar surface area (TPSA) is 84.4 Å². The molecule has 1 saturated heterocycles. The molecule has 7 heteroatoms. The molecule has 0 spiro atoms. The minimum Gasteiger partial charge on any atom is -0.455 e. The van der Waals surface area contributed by atoms with Crippen LogP contribution in [-0.2, 0) is 4.79 Å². The molecule has 129 valence electrons. The van der Waals surface area contributed by atoms with E-state index in [9.17, 15) is 9.59 Å². The molecule has 0 aromatic carbocycles. The smallest absolute Gasteiger partial charge is 0.329 e. The third kappa shape index (κ3) is 3.60. The SMILES string of the molecule is Cc1nc(NC(=O)N2CCC(C)(C)C2=O)ccc1Oc1c[c]ncc1. The normalized spacial score (nSPS) is 16.0. The highest BCUT2D eigenvalue weighted by Crippen LogP contribution is 2.31. The van der Waals surface area contributed by atoms with E-state index in [0.29, 0.717) is 36.0 Å². The summed E-state index contributed by atoms with van der Waals surface area (Å²) in [6.07, 6.45) is 4.93. The van der Waals surface area contributed by atoms with Crippen molar-refractivity contribution in [2.24, 2.45) is 5.41 Å². The van der Waals surface area contributed by atoms with Crippen molar-refractivity contribution in [3.05, 3.63) is 42.4 Å². The maximum absolute atomic E-state index is 12.3. The van der Waals surface area contributed by atoms with Gasteiger partial charge in [-0.25, -0.2) is 9.78 Å². The molecule has 3 heterocycles. The second-order valence-electron chi connectivity index (χ2n) is 6.52. The molecule has 0 atom stereocenters. The van der Waals surface area contributed by atoms with Crippen LogP contribution in [0.5, 0.6) is 11.5 Å². The summed E-state index contributed by atoms with van der Waals surface area (Å²) < 4.78 is 5.70. The Morgan fingerprint density at radius 2 is 2.16 bits per heavy atom. The average Bonchev–Trinajstić information content (AvgIpc) is 2.85. The molecule has 1 aliphatic rings. The summed E-state index contributed by atoms with van der Waals surface area (Å²) in [6.45, 7) is 5.87. The molecular weight excluding hydrogens is 320 g/mol. The maximum atomic E-state index is 12.3. The van der Waals surface area contributed by atoms with Gasteiger partial charge >= 0.3 is 6.03 Å². The highest BCUT2D eigenvalue weighted by atomic mass is 16.5. The minimum absolute atomic E-state index is 0.171. The van der Waals surface area contributed by atoms with Crippen LogP contribution in [0.2, 0.25) is 0 Å². The summed E-state index contributed by atoms with van der Waals surface area (Å²) in [6, 6.07) is 6.23. The summed E-state index contributed by atoms with van der Waals surface area (Å²) in [7, 11) is 0. The number of imide groups is 1. The molecule has 0 saturated carbocycles. The number of hydrogen-bond donors (Lipinski definition) is 1. The minimum atomic E-state index is -0.500. The van der Waals surface area contributed by atoms with Gasteiger partial charge < -0.3 is 4.74 Å². The molecule has 0 aliphatic carbocycles. The summed E-state index contributed by atoms with van der Waals surface area (Å²) in [4.78, 5) is 33.9. The number of aryl methyl sites for hydroxylation is 1.